The van der Waals surface area contributed by atoms with Crippen molar-refractivity contribution in [2.45, 2.75) is 19.9 Å². The predicted molar refractivity (Wildman–Crippen MR) is 71.1 cm³/mol. The van der Waals surface area contributed by atoms with Gasteiger partial charge < -0.3 is 16.0 Å². The highest BCUT2D eigenvalue weighted by molar-refractivity contribution is 5.92. The van der Waals surface area contributed by atoms with Crippen LogP contribution in [0.25, 0.3) is 0 Å². The van der Waals surface area contributed by atoms with E-state index in [1.54, 1.807) is 12.1 Å². The average molecular weight is 251 g/mol. The fraction of sp³-hybridized carbons (Fsp3) is 0.583. The zero-order valence-corrected chi connectivity index (χ0v) is 11.3. The zero-order valence-electron chi connectivity index (χ0n) is 11.3. The summed E-state index contributed by atoms with van der Waals surface area (Å²) >= 11 is 0. The lowest BCUT2D eigenvalue weighted by Gasteiger charge is -2.25. The van der Waals surface area contributed by atoms with Crippen molar-refractivity contribution in [2.75, 3.05) is 26.4 Å². The number of rotatable bonds is 5. The Kier molecular flexibility index (Phi) is 5.03. The van der Waals surface area contributed by atoms with Crippen LogP contribution in [0.15, 0.2) is 12.1 Å². The topological polar surface area (TPSA) is 84.1 Å². The van der Waals surface area contributed by atoms with Crippen molar-refractivity contribution in [3.05, 3.63) is 17.8 Å². The maximum atomic E-state index is 12.0. The SMILES string of the molecule is CC(C)C(CN(C)C)NC(=O)c1ccc(N)nn1. The number of hydrogen-bond acceptors (Lipinski definition) is 5. The van der Waals surface area contributed by atoms with Crippen molar-refractivity contribution in [3.63, 3.8) is 0 Å². The Bertz CT molecular complexity index is 388. The summed E-state index contributed by atoms with van der Waals surface area (Å²) in [6.45, 7) is 4.93. The standard InChI is InChI=1S/C12H21N5O/c1-8(2)10(7-17(3)4)14-12(18)9-5-6-11(13)16-15-9/h5-6,8,10H,7H2,1-4H3,(H2,13,16)(H,14,18). The van der Waals surface area contributed by atoms with Crippen LogP contribution in [-0.4, -0.2) is 47.7 Å². The van der Waals surface area contributed by atoms with E-state index in [9.17, 15) is 4.79 Å². The van der Waals surface area contributed by atoms with E-state index < -0.39 is 0 Å². The van der Waals surface area contributed by atoms with E-state index in [4.69, 9.17) is 5.73 Å². The van der Waals surface area contributed by atoms with Gasteiger partial charge in [0.05, 0.1) is 0 Å². The Morgan fingerprint density at radius 1 is 1.39 bits per heavy atom. The van der Waals surface area contributed by atoms with Crippen LogP contribution in [0.4, 0.5) is 5.82 Å². The molecule has 0 saturated carbocycles. The monoisotopic (exact) mass is 251 g/mol. The van der Waals surface area contributed by atoms with E-state index in [0.717, 1.165) is 6.54 Å². The number of likely N-dealkylation sites (N-methyl/N-ethyl adjacent to an activating group) is 1. The number of carbonyl (C=O) groups is 1. The summed E-state index contributed by atoms with van der Waals surface area (Å²) in [5.41, 5.74) is 5.72. The molecule has 0 radical (unpaired) electrons. The van der Waals surface area contributed by atoms with Crippen molar-refractivity contribution in [3.8, 4) is 0 Å². The summed E-state index contributed by atoms with van der Waals surface area (Å²) < 4.78 is 0. The van der Waals surface area contributed by atoms with Crippen LogP contribution in [0.5, 0.6) is 0 Å². The minimum atomic E-state index is -0.219. The van der Waals surface area contributed by atoms with Crippen molar-refractivity contribution in [1.29, 1.82) is 0 Å². The van der Waals surface area contributed by atoms with Crippen LogP contribution < -0.4 is 11.1 Å². The van der Waals surface area contributed by atoms with Crippen molar-refractivity contribution >= 4 is 11.7 Å². The summed E-state index contributed by atoms with van der Waals surface area (Å²) in [5.74, 6) is 0.432. The minimum absolute atomic E-state index is 0.0758. The van der Waals surface area contributed by atoms with Gasteiger partial charge >= 0.3 is 0 Å². The summed E-state index contributed by atoms with van der Waals surface area (Å²) in [6.07, 6.45) is 0. The molecule has 1 amide bonds. The fourth-order valence-corrected chi connectivity index (χ4v) is 1.52. The molecule has 1 atom stereocenters. The number of aromatic nitrogens is 2. The van der Waals surface area contributed by atoms with Crippen LogP contribution in [0.3, 0.4) is 0 Å². The number of carbonyl (C=O) groups excluding carboxylic acids is 1. The molecule has 0 aromatic carbocycles. The van der Waals surface area contributed by atoms with Gasteiger partial charge in [-0.15, -0.1) is 10.2 Å². The highest BCUT2D eigenvalue weighted by Crippen LogP contribution is 2.05. The second-order valence-electron chi connectivity index (χ2n) is 4.93. The van der Waals surface area contributed by atoms with Crippen LogP contribution in [-0.2, 0) is 0 Å². The molecule has 0 aliphatic carbocycles. The second-order valence-corrected chi connectivity index (χ2v) is 4.93. The zero-order chi connectivity index (χ0) is 13.7. The van der Waals surface area contributed by atoms with Gasteiger partial charge in [0.15, 0.2) is 5.69 Å². The fourth-order valence-electron chi connectivity index (χ4n) is 1.52. The first-order valence-electron chi connectivity index (χ1n) is 5.95. The second kappa shape index (κ2) is 6.30. The molecular formula is C12H21N5O. The average Bonchev–Trinajstić information content (AvgIpc) is 2.28. The largest absolute Gasteiger partial charge is 0.382 e. The van der Waals surface area contributed by atoms with E-state index in [1.165, 1.54) is 0 Å². The Hall–Kier alpha value is -1.69. The molecule has 1 rings (SSSR count). The number of hydrogen-bond donors (Lipinski definition) is 2. The smallest absolute Gasteiger partial charge is 0.272 e. The van der Waals surface area contributed by atoms with Gasteiger partial charge in [-0.3, -0.25) is 4.79 Å². The van der Waals surface area contributed by atoms with Gasteiger partial charge in [0, 0.05) is 12.6 Å². The number of nitrogen functional groups attached to an aromatic ring is 1. The first kappa shape index (κ1) is 14.4. The van der Waals surface area contributed by atoms with Crippen LogP contribution >= 0.6 is 0 Å². The van der Waals surface area contributed by atoms with Gasteiger partial charge in [0.25, 0.3) is 5.91 Å². The van der Waals surface area contributed by atoms with Gasteiger partial charge in [0.2, 0.25) is 0 Å². The molecule has 1 aromatic rings. The van der Waals surface area contributed by atoms with Crippen molar-refractivity contribution in [2.24, 2.45) is 5.92 Å². The molecule has 0 saturated heterocycles. The van der Waals surface area contributed by atoms with Crippen molar-refractivity contribution in [1.82, 2.24) is 20.4 Å². The third-order valence-corrected chi connectivity index (χ3v) is 2.60. The summed E-state index contributed by atoms with van der Waals surface area (Å²) in [6, 6.07) is 3.22. The number of nitrogens with zero attached hydrogens (tertiary/aromatic N) is 3. The number of anilines is 1. The maximum absolute atomic E-state index is 12.0. The summed E-state index contributed by atoms with van der Waals surface area (Å²) in [5, 5.41) is 10.4. The molecule has 1 unspecified atom stereocenters. The number of nitrogens with two attached hydrogens (primary N) is 1. The molecule has 6 nitrogen and oxygen atoms in total. The van der Waals surface area contributed by atoms with Gasteiger partial charge in [-0.1, -0.05) is 13.8 Å². The Balaban J connectivity index is 2.69. The molecule has 0 bridgehead atoms. The molecule has 100 valence electrons. The minimum Gasteiger partial charge on any atom is -0.382 e. The van der Waals surface area contributed by atoms with Gasteiger partial charge in [-0.25, -0.2) is 0 Å². The molecule has 0 aliphatic heterocycles. The summed E-state index contributed by atoms with van der Waals surface area (Å²) in [4.78, 5) is 14.0. The molecule has 1 heterocycles. The highest BCUT2D eigenvalue weighted by atomic mass is 16.2. The van der Waals surface area contributed by atoms with Gasteiger partial charge in [-0.05, 0) is 32.1 Å². The van der Waals surface area contributed by atoms with Crippen LogP contribution in [0.2, 0.25) is 0 Å². The quantitative estimate of drug-likeness (QED) is 0.790. The molecule has 0 spiro atoms. The molecule has 6 heteroatoms. The van der Waals surface area contributed by atoms with Crippen LogP contribution in [0.1, 0.15) is 24.3 Å². The number of amides is 1. The highest BCUT2D eigenvalue weighted by Gasteiger charge is 2.18. The molecular weight excluding hydrogens is 230 g/mol. The van der Waals surface area contributed by atoms with E-state index in [1.807, 2.05) is 19.0 Å². The molecule has 0 aliphatic rings. The first-order valence-corrected chi connectivity index (χ1v) is 5.95. The first-order chi connectivity index (χ1) is 8.40. The Morgan fingerprint density at radius 2 is 2.06 bits per heavy atom. The van der Waals surface area contributed by atoms with E-state index >= 15 is 0 Å². The Labute approximate surface area is 108 Å². The van der Waals surface area contributed by atoms with Crippen LogP contribution in [0, 0.1) is 5.92 Å². The third-order valence-electron chi connectivity index (χ3n) is 2.60. The summed E-state index contributed by atoms with van der Waals surface area (Å²) in [7, 11) is 3.95. The maximum Gasteiger partial charge on any atom is 0.272 e. The van der Waals surface area contributed by atoms with E-state index in [0.29, 0.717) is 11.7 Å². The number of nitrogens with one attached hydrogen (secondary N) is 1. The lowest BCUT2D eigenvalue weighted by Crippen LogP contribution is -2.45. The molecule has 3 N–H and O–H groups in total. The molecule has 18 heavy (non-hydrogen) atoms. The van der Waals surface area contributed by atoms with E-state index in [-0.39, 0.29) is 17.6 Å². The van der Waals surface area contributed by atoms with Crippen molar-refractivity contribution < 1.29 is 4.79 Å². The van der Waals surface area contributed by atoms with Gasteiger partial charge in [-0.2, -0.15) is 0 Å². The lowest BCUT2D eigenvalue weighted by atomic mass is 10.0. The molecule has 1 aromatic heterocycles. The lowest BCUT2D eigenvalue weighted by molar-refractivity contribution is 0.0910. The third kappa shape index (κ3) is 4.29. The Morgan fingerprint density at radius 3 is 2.50 bits per heavy atom. The van der Waals surface area contributed by atoms with Gasteiger partial charge in [0.1, 0.15) is 5.82 Å². The molecule has 0 fully saturated rings. The van der Waals surface area contributed by atoms with E-state index in [2.05, 4.69) is 29.4 Å². The predicted octanol–water partition coefficient (Wildman–Crippen LogP) is 0.375. The normalized spacial score (nSPS) is 12.8.